The van der Waals surface area contributed by atoms with Crippen LogP contribution in [0.1, 0.15) is 24.5 Å². The van der Waals surface area contributed by atoms with E-state index in [1.54, 1.807) is 5.10 Å². The second kappa shape index (κ2) is 10.9. The maximum atomic E-state index is 15.0. The van der Waals surface area contributed by atoms with Gasteiger partial charge in [0, 0.05) is 31.1 Å². The summed E-state index contributed by atoms with van der Waals surface area (Å²) in [7, 11) is 0. The van der Waals surface area contributed by atoms with Crippen LogP contribution in [0.3, 0.4) is 0 Å². The van der Waals surface area contributed by atoms with E-state index in [0.29, 0.717) is 18.6 Å². The van der Waals surface area contributed by atoms with Crippen LogP contribution < -0.4 is 16.4 Å². The maximum Gasteiger partial charge on any atom is 0.423 e. The summed E-state index contributed by atoms with van der Waals surface area (Å²) >= 11 is 0. The molecule has 2 atom stereocenters. The molecule has 218 valence electrons. The number of benzene rings is 1. The first-order valence-corrected chi connectivity index (χ1v) is 11.5. The lowest BCUT2D eigenvalue weighted by Gasteiger charge is -2.20. The molecule has 4 rings (SSSR count). The summed E-state index contributed by atoms with van der Waals surface area (Å²) in [5, 5.41) is 6.36. The van der Waals surface area contributed by atoms with E-state index in [0.717, 1.165) is 22.9 Å². The van der Waals surface area contributed by atoms with Crippen molar-refractivity contribution in [1.82, 2.24) is 24.7 Å². The van der Waals surface area contributed by atoms with E-state index in [-0.39, 0.29) is 5.39 Å². The Morgan fingerprint density at radius 3 is 2.27 bits per heavy atom. The number of pyridine rings is 1. The number of hydrogen-bond donors (Lipinski definition) is 2. The number of aromatic nitrogens is 5. The lowest BCUT2D eigenvalue weighted by molar-refractivity contribution is -0.139. The highest BCUT2D eigenvalue weighted by Gasteiger charge is 2.37. The molecule has 0 fully saturated rings. The number of H-pyrrole nitrogens is 1. The van der Waals surface area contributed by atoms with E-state index >= 15 is 0 Å². The van der Waals surface area contributed by atoms with Crippen LogP contribution >= 0.6 is 0 Å². The zero-order chi connectivity index (χ0) is 30.3. The lowest BCUT2D eigenvalue weighted by atomic mass is 10.1. The normalized spacial score (nSPS) is 13.8. The second-order valence-electron chi connectivity index (χ2n) is 8.95. The molecule has 8 nitrogen and oxygen atoms in total. The van der Waals surface area contributed by atoms with Crippen molar-refractivity contribution < 1.29 is 39.5 Å². The second-order valence-corrected chi connectivity index (χ2v) is 8.95. The van der Waals surface area contributed by atoms with Crippen molar-refractivity contribution in [2.45, 2.75) is 44.5 Å². The van der Waals surface area contributed by atoms with Gasteiger partial charge in [0.25, 0.3) is 11.1 Å². The number of nitrogens with zero attached hydrogens (tertiary/aromatic N) is 4. The number of rotatable bonds is 7. The Balaban J connectivity index is 1.56. The molecular weight excluding hydrogens is 575 g/mol. The third kappa shape index (κ3) is 6.17. The summed E-state index contributed by atoms with van der Waals surface area (Å²) in [5.74, 6) is -3.85. The maximum absolute atomic E-state index is 15.0. The number of hydrogen-bond acceptors (Lipinski definition) is 6. The average molecular weight is 592 g/mol. The first-order valence-electron chi connectivity index (χ1n) is 11.5. The lowest BCUT2D eigenvalue weighted by Crippen LogP contribution is -2.30. The molecular formula is C24H17F9N6O2. The van der Waals surface area contributed by atoms with Crippen molar-refractivity contribution in [1.29, 1.82) is 0 Å². The van der Waals surface area contributed by atoms with E-state index in [4.69, 9.17) is 0 Å². The van der Waals surface area contributed by atoms with Gasteiger partial charge in [-0.25, -0.2) is 28.2 Å². The fraction of sp³-hybridized carbons (Fsp3) is 0.292. The van der Waals surface area contributed by atoms with Crippen molar-refractivity contribution in [2.75, 3.05) is 5.32 Å². The molecule has 1 aromatic carbocycles. The largest absolute Gasteiger partial charge is 0.423 e. The highest BCUT2D eigenvalue weighted by atomic mass is 19.4. The Morgan fingerprint density at radius 1 is 1.00 bits per heavy atom. The van der Waals surface area contributed by atoms with Crippen LogP contribution in [0, 0.1) is 11.6 Å². The summed E-state index contributed by atoms with van der Waals surface area (Å²) in [4.78, 5) is 31.3. The SMILES string of the molecule is C[C@@H](C[C@@H](F)Cn1ccc2cc(-c3ncc(C(F)(F)F)cn3)c(F)c(F)c2c1=O)Nc1cn[nH]c(=O)c1C(F)(F)F. The van der Waals surface area contributed by atoms with Gasteiger partial charge in [-0.2, -0.15) is 31.4 Å². The van der Waals surface area contributed by atoms with Crippen LogP contribution in [-0.4, -0.2) is 36.9 Å². The van der Waals surface area contributed by atoms with E-state index in [1.807, 2.05) is 0 Å². The number of halogens is 9. The predicted octanol–water partition coefficient (Wildman–Crippen LogP) is 5.09. The van der Waals surface area contributed by atoms with Gasteiger partial charge in [-0.1, -0.05) is 0 Å². The molecule has 0 spiro atoms. The Morgan fingerprint density at radius 2 is 1.66 bits per heavy atom. The molecule has 41 heavy (non-hydrogen) atoms. The van der Waals surface area contributed by atoms with Crippen LogP contribution in [0.25, 0.3) is 22.2 Å². The molecule has 0 unspecified atom stereocenters. The van der Waals surface area contributed by atoms with E-state index in [9.17, 15) is 49.1 Å². The van der Waals surface area contributed by atoms with Crippen LogP contribution in [0.2, 0.25) is 0 Å². The zero-order valence-corrected chi connectivity index (χ0v) is 20.5. The van der Waals surface area contributed by atoms with Gasteiger partial charge >= 0.3 is 12.4 Å². The molecule has 3 aromatic heterocycles. The minimum Gasteiger partial charge on any atom is -0.381 e. The van der Waals surface area contributed by atoms with Gasteiger partial charge in [-0.05, 0) is 24.4 Å². The van der Waals surface area contributed by atoms with Gasteiger partial charge < -0.3 is 9.88 Å². The van der Waals surface area contributed by atoms with Crippen molar-refractivity contribution in [3.8, 4) is 11.4 Å². The summed E-state index contributed by atoms with van der Waals surface area (Å²) in [6.45, 7) is 0.627. The molecule has 0 saturated heterocycles. The molecule has 0 aliphatic rings. The predicted molar refractivity (Wildman–Crippen MR) is 127 cm³/mol. The number of anilines is 1. The van der Waals surface area contributed by atoms with Crippen molar-refractivity contribution >= 4 is 16.5 Å². The van der Waals surface area contributed by atoms with Crippen LogP contribution in [0.15, 0.2) is 46.5 Å². The Bertz CT molecular complexity index is 1700. The van der Waals surface area contributed by atoms with Crippen LogP contribution in [0.4, 0.5) is 45.2 Å². The standard InChI is InChI=1S/C24H17F9N6O2/c1-10(37-15-8-36-38-21(40)17(15)24(31,32)33)4-13(25)9-39-3-2-11-5-14(18(26)19(27)16(11)22(39)41)20-34-6-12(7-35-20)23(28,29)30/h2-3,5-8,10,13H,4,9H2,1H3,(H2,37,38,40)/t10-,13+/m0/s1. The third-order valence-electron chi connectivity index (χ3n) is 5.91. The van der Waals surface area contributed by atoms with Crippen LogP contribution in [0.5, 0.6) is 0 Å². The van der Waals surface area contributed by atoms with E-state index < -0.39 is 93.9 Å². The van der Waals surface area contributed by atoms with Crippen molar-refractivity contribution in [2.24, 2.45) is 0 Å². The van der Waals surface area contributed by atoms with Crippen molar-refractivity contribution in [3.63, 3.8) is 0 Å². The minimum atomic E-state index is -5.02. The van der Waals surface area contributed by atoms with Gasteiger partial charge in [0.2, 0.25) is 0 Å². The number of aromatic amines is 1. The number of nitrogens with one attached hydrogen (secondary N) is 2. The van der Waals surface area contributed by atoms with E-state index in [2.05, 4.69) is 20.4 Å². The molecule has 0 aliphatic heterocycles. The Kier molecular flexibility index (Phi) is 7.82. The van der Waals surface area contributed by atoms with Gasteiger partial charge in [0.15, 0.2) is 17.5 Å². The van der Waals surface area contributed by atoms with Gasteiger partial charge in [0.1, 0.15) is 11.7 Å². The van der Waals surface area contributed by atoms with Gasteiger partial charge in [0.05, 0.1) is 34.9 Å². The summed E-state index contributed by atoms with van der Waals surface area (Å²) in [6, 6.07) is 1.10. The first kappa shape index (κ1) is 29.5. The molecule has 17 heteroatoms. The zero-order valence-electron chi connectivity index (χ0n) is 20.5. The molecule has 0 aliphatic carbocycles. The molecule has 0 radical (unpaired) electrons. The monoisotopic (exact) mass is 592 g/mol. The van der Waals surface area contributed by atoms with E-state index in [1.165, 1.54) is 6.92 Å². The summed E-state index contributed by atoms with van der Waals surface area (Å²) < 4.78 is 123. The molecule has 0 saturated carbocycles. The van der Waals surface area contributed by atoms with Crippen LogP contribution in [-0.2, 0) is 18.9 Å². The Labute approximate surface area is 222 Å². The molecule has 3 heterocycles. The highest BCUT2D eigenvalue weighted by Crippen LogP contribution is 2.33. The first-order chi connectivity index (χ1) is 19.1. The fourth-order valence-electron chi connectivity index (χ4n) is 4.08. The number of alkyl halides is 7. The molecule has 0 amide bonds. The topological polar surface area (TPSA) is 106 Å². The summed E-state index contributed by atoms with van der Waals surface area (Å²) in [5.41, 5.74) is -6.72. The quantitative estimate of drug-likeness (QED) is 0.290. The molecule has 4 aromatic rings. The number of fused-ring (bicyclic) bond motifs is 1. The van der Waals surface area contributed by atoms with Gasteiger partial charge in [-0.3, -0.25) is 9.59 Å². The minimum absolute atomic E-state index is 0.171. The van der Waals surface area contributed by atoms with Gasteiger partial charge in [-0.15, -0.1) is 0 Å². The van der Waals surface area contributed by atoms with Crippen molar-refractivity contribution in [3.05, 3.63) is 80.4 Å². The fourth-order valence-corrected chi connectivity index (χ4v) is 4.08. The highest BCUT2D eigenvalue weighted by molar-refractivity contribution is 5.86. The molecule has 2 N–H and O–H groups in total. The molecule has 0 bridgehead atoms. The summed E-state index contributed by atoms with van der Waals surface area (Å²) in [6.07, 6.45) is -9.58. The third-order valence-corrected chi connectivity index (χ3v) is 5.91. The Hall–Kier alpha value is -4.44. The smallest absolute Gasteiger partial charge is 0.381 e. The average Bonchev–Trinajstić information content (AvgIpc) is 2.86.